The van der Waals surface area contributed by atoms with Gasteiger partial charge >= 0.3 is 0 Å². The summed E-state index contributed by atoms with van der Waals surface area (Å²) < 4.78 is 16.8. The quantitative estimate of drug-likeness (QED) is 0.424. The number of carbonyl (C=O) groups excluding carboxylic acids is 1. The van der Waals surface area contributed by atoms with Crippen molar-refractivity contribution < 1.29 is 18.7 Å². The zero-order valence-corrected chi connectivity index (χ0v) is 19.3. The summed E-state index contributed by atoms with van der Waals surface area (Å²) in [5.41, 5.74) is 2.31. The minimum atomic E-state index is -0.0734. The van der Waals surface area contributed by atoms with Crippen LogP contribution < -0.4 is 9.47 Å². The molecule has 1 amide bonds. The van der Waals surface area contributed by atoms with Gasteiger partial charge in [0.2, 0.25) is 0 Å². The number of rotatable bonds is 11. The Hall–Kier alpha value is -3.25. The Morgan fingerprint density at radius 3 is 2.16 bits per heavy atom. The van der Waals surface area contributed by atoms with Crippen LogP contribution in [-0.2, 0) is 19.6 Å². The lowest BCUT2D eigenvalue weighted by molar-refractivity contribution is 0.0736. The smallest absolute Gasteiger partial charge is 0.289 e. The van der Waals surface area contributed by atoms with Gasteiger partial charge in [-0.25, -0.2) is 0 Å². The van der Waals surface area contributed by atoms with E-state index in [9.17, 15) is 4.79 Å². The number of ether oxygens (including phenoxy) is 2. The zero-order chi connectivity index (χ0) is 22.9. The number of amides is 1. The summed E-state index contributed by atoms with van der Waals surface area (Å²) in [5, 5.41) is 0. The van der Waals surface area contributed by atoms with Crippen LogP contribution in [0.5, 0.6) is 11.5 Å². The van der Waals surface area contributed by atoms with Crippen LogP contribution in [0.15, 0.2) is 65.1 Å². The maximum atomic E-state index is 12.6. The minimum absolute atomic E-state index is 0.0734. The maximum Gasteiger partial charge on any atom is 0.289 e. The predicted molar refractivity (Wildman–Crippen MR) is 125 cm³/mol. The predicted octanol–water partition coefficient (Wildman–Crippen LogP) is 4.98. The van der Waals surface area contributed by atoms with Crippen molar-refractivity contribution in [3.05, 3.63) is 83.3 Å². The summed E-state index contributed by atoms with van der Waals surface area (Å²) in [6, 6.07) is 19.9. The van der Waals surface area contributed by atoms with Crippen LogP contribution in [0.3, 0.4) is 0 Å². The van der Waals surface area contributed by atoms with E-state index in [1.807, 2.05) is 56.3 Å². The first-order valence-electron chi connectivity index (χ1n) is 10.9. The molecule has 0 aliphatic rings. The molecule has 0 spiro atoms. The molecule has 0 unspecified atom stereocenters. The monoisotopic (exact) mass is 436 g/mol. The summed E-state index contributed by atoms with van der Waals surface area (Å²) in [6.45, 7) is 7.26. The number of benzene rings is 2. The summed E-state index contributed by atoms with van der Waals surface area (Å²) in [5.74, 6) is 2.48. The lowest BCUT2D eigenvalue weighted by Gasteiger charge is -2.22. The number of furan rings is 1. The summed E-state index contributed by atoms with van der Waals surface area (Å²) >= 11 is 0. The number of carbonyl (C=O) groups is 1. The van der Waals surface area contributed by atoms with Crippen LogP contribution in [0.2, 0.25) is 0 Å². The van der Waals surface area contributed by atoms with E-state index >= 15 is 0 Å². The SMILES string of the molecule is CCN(CC)C(=O)c1ccc(CN(Cc2ccccc2)Cc2ccc(OC)c(OC)c2)o1. The van der Waals surface area contributed by atoms with Crippen LogP contribution in [-0.4, -0.2) is 43.0 Å². The van der Waals surface area contributed by atoms with Crippen LogP contribution in [0, 0.1) is 0 Å². The molecular weight excluding hydrogens is 404 g/mol. The molecule has 0 aliphatic heterocycles. The van der Waals surface area contributed by atoms with Gasteiger partial charge in [0.1, 0.15) is 5.76 Å². The fourth-order valence-corrected chi connectivity index (χ4v) is 3.71. The van der Waals surface area contributed by atoms with Crippen molar-refractivity contribution >= 4 is 5.91 Å². The Bertz CT molecular complexity index is 996. The fourth-order valence-electron chi connectivity index (χ4n) is 3.71. The van der Waals surface area contributed by atoms with Crippen molar-refractivity contribution in [2.45, 2.75) is 33.5 Å². The van der Waals surface area contributed by atoms with E-state index in [1.165, 1.54) is 5.56 Å². The Morgan fingerprint density at radius 1 is 0.812 bits per heavy atom. The molecule has 0 atom stereocenters. The van der Waals surface area contributed by atoms with Gasteiger partial charge in [0.15, 0.2) is 17.3 Å². The van der Waals surface area contributed by atoms with Gasteiger partial charge in [0.05, 0.1) is 20.8 Å². The van der Waals surface area contributed by atoms with Crippen molar-refractivity contribution in [1.29, 1.82) is 0 Å². The molecule has 0 saturated carbocycles. The molecule has 0 bridgehead atoms. The molecule has 0 fully saturated rings. The van der Waals surface area contributed by atoms with E-state index in [2.05, 4.69) is 17.0 Å². The van der Waals surface area contributed by atoms with Gasteiger partial charge in [0, 0.05) is 26.2 Å². The molecule has 1 aromatic heterocycles. The molecule has 3 aromatic rings. The minimum Gasteiger partial charge on any atom is -0.493 e. The lowest BCUT2D eigenvalue weighted by Crippen LogP contribution is -2.30. The van der Waals surface area contributed by atoms with Crippen LogP contribution in [0.25, 0.3) is 0 Å². The number of hydrogen-bond donors (Lipinski definition) is 0. The van der Waals surface area contributed by atoms with E-state index in [1.54, 1.807) is 25.2 Å². The first kappa shape index (κ1) is 23.4. The van der Waals surface area contributed by atoms with Crippen molar-refractivity contribution in [2.24, 2.45) is 0 Å². The normalized spacial score (nSPS) is 10.9. The largest absolute Gasteiger partial charge is 0.493 e. The van der Waals surface area contributed by atoms with Crippen molar-refractivity contribution in [2.75, 3.05) is 27.3 Å². The van der Waals surface area contributed by atoms with E-state index in [-0.39, 0.29) is 5.91 Å². The Kier molecular flexibility index (Phi) is 8.34. The second-order valence-corrected chi connectivity index (χ2v) is 7.56. The van der Waals surface area contributed by atoms with Crippen molar-refractivity contribution in [3.8, 4) is 11.5 Å². The molecule has 1 heterocycles. The summed E-state index contributed by atoms with van der Waals surface area (Å²) in [4.78, 5) is 16.6. The summed E-state index contributed by atoms with van der Waals surface area (Å²) in [7, 11) is 3.27. The standard InChI is InChI=1S/C26H32N2O4/c1-5-28(6-2)26(29)24-15-13-22(32-24)19-27(17-20-10-8-7-9-11-20)18-21-12-14-23(30-3)25(16-21)31-4/h7-16H,5-6,17-19H2,1-4H3. The van der Waals surface area contributed by atoms with Crippen molar-refractivity contribution in [3.63, 3.8) is 0 Å². The van der Waals surface area contributed by atoms with E-state index < -0.39 is 0 Å². The van der Waals surface area contributed by atoms with Crippen molar-refractivity contribution in [1.82, 2.24) is 9.80 Å². The number of methoxy groups -OCH3 is 2. The second-order valence-electron chi connectivity index (χ2n) is 7.56. The molecule has 6 heteroatoms. The van der Waals surface area contributed by atoms with Gasteiger partial charge in [-0.05, 0) is 49.2 Å². The van der Waals surface area contributed by atoms with Gasteiger partial charge in [-0.1, -0.05) is 36.4 Å². The van der Waals surface area contributed by atoms with Gasteiger partial charge in [-0.15, -0.1) is 0 Å². The zero-order valence-electron chi connectivity index (χ0n) is 19.3. The van der Waals surface area contributed by atoms with E-state index in [0.29, 0.717) is 43.4 Å². The molecule has 3 rings (SSSR count). The maximum absolute atomic E-state index is 12.6. The third-order valence-corrected chi connectivity index (χ3v) is 5.41. The van der Waals surface area contributed by atoms with Crippen LogP contribution in [0.4, 0.5) is 0 Å². The third-order valence-electron chi connectivity index (χ3n) is 5.41. The van der Waals surface area contributed by atoms with E-state index in [0.717, 1.165) is 17.9 Å². The molecule has 2 aromatic carbocycles. The van der Waals surface area contributed by atoms with Crippen LogP contribution >= 0.6 is 0 Å². The van der Waals surface area contributed by atoms with E-state index in [4.69, 9.17) is 13.9 Å². The molecule has 6 nitrogen and oxygen atoms in total. The summed E-state index contributed by atoms with van der Waals surface area (Å²) in [6.07, 6.45) is 0. The molecule has 0 saturated heterocycles. The van der Waals surface area contributed by atoms with Gasteiger partial charge in [-0.2, -0.15) is 0 Å². The lowest BCUT2D eigenvalue weighted by atomic mass is 10.1. The number of nitrogens with zero attached hydrogens (tertiary/aromatic N) is 2. The first-order valence-corrected chi connectivity index (χ1v) is 10.9. The molecule has 0 radical (unpaired) electrons. The van der Waals surface area contributed by atoms with Gasteiger partial charge in [0.25, 0.3) is 5.91 Å². The molecule has 0 N–H and O–H groups in total. The average Bonchev–Trinajstić information content (AvgIpc) is 3.28. The average molecular weight is 437 g/mol. The molecule has 170 valence electrons. The fraction of sp³-hybridized carbons (Fsp3) is 0.346. The highest BCUT2D eigenvalue weighted by Crippen LogP contribution is 2.28. The Labute approximate surface area is 190 Å². The van der Waals surface area contributed by atoms with Gasteiger partial charge < -0.3 is 18.8 Å². The highest BCUT2D eigenvalue weighted by Gasteiger charge is 2.18. The second kappa shape index (κ2) is 11.4. The Balaban J connectivity index is 1.80. The van der Waals surface area contributed by atoms with Gasteiger partial charge in [-0.3, -0.25) is 9.69 Å². The topological polar surface area (TPSA) is 55.2 Å². The Morgan fingerprint density at radius 2 is 1.50 bits per heavy atom. The van der Waals surface area contributed by atoms with Crippen LogP contribution in [0.1, 0.15) is 41.3 Å². The third kappa shape index (κ3) is 5.92. The first-order chi connectivity index (χ1) is 15.6. The molecule has 0 aliphatic carbocycles. The molecule has 32 heavy (non-hydrogen) atoms. The number of hydrogen-bond acceptors (Lipinski definition) is 5. The molecular formula is C26H32N2O4. The highest BCUT2D eigenvalue weighted by molar-refractivity contribution is 5.91. The highest BCUT2D eigenvalue weighted by atomic mass is 16.5.